The van der Waals surface area contributed by atoms with Gasteiger partial charge in [0.2, 0.25) is 0 Å². The molecule has 2 fully saturated rings. The molecular weight excluding hydrogens is 292 g/mol. The average molecular weight is 316 g/mol. The Morgan fingerprint density at radius 3 is 2.78 bits per heavy atom. The van der Waals surface area contributed by atoms with Gasteiger partial charge in [-0.2, -0.15) is 0 Å². The Morgan fingerprint density at radius 2 is 2.09 bits per heavy atom. The third-order valence-electron chi connectivity index (χ3n) is 4.83. The quantitative estimate of drug-likeness (QED) is 0.788. The van der Waals surface area contributed by atoms with Crippen LogP contribution in [0.5, 0.6) is 0 Å². The first-order valence-corrected chi connectivity index (χ1v) is 8.32. The molecule has 1 heterocycles. The van der Waals surface area contributed by atoms with E-state index in [0.29, 0.717) is 25.2 Å². The van der Waals surface area contributed by atoms with E-state index in [9.17, 15) is 9.59 Å². The molecular formula is C17H24N4O2. The van der Waals surface area contributed by atoms with Crippen LogP contribution >= 0.6 is 0 Å². The van der Waals surface area contributed by atoms with Crippen LogP contribution in [0.15, 0.2) is 24.3 Å². The molecule has 3 rings (SSSR count). The number of benzene rings is 1. The van der Waals surface area contributed by atoms with Crippen molar-refractivity contribution in [3.8, 4) is 0 Å². The standard InChI is InChI=1S/C17H24N4O2/c18-12-17(7-1-2-8-17)20-15(22)13-5-3-6-14(11-13)21-10-4-9-19-16(21)23/h3,5-6,11H,1-2,4,7-10,12,18H2,(H,19,23)(H,20,22). The van der Waals surface area contributed by atoms with Gasteiger partial charge in [-0.15, -0.1) is 0 Å². The smallest absolute Gasteiger partial charge is 0.321 e. The molecule has 0 aromatic heterocycles. The summed E-state index contributed by atoms with van der Waals surface area (Å²) in [6.45, 7) is 1.84. The summed E-state index contributed by atoms with van der Waals surface area (Å²) >= 11 is 0. The second-order valence-electron chi connectivity index (χ2n) is 6.43. The molecule has 23 heavy (non-hydrogen) atoms. The number of amides is 3. The first-order valence-electron chi connectivity index (χ1n) is 8.32. The van der Waals surface area contributed by atoms with Gasteiger partial charge < -0.3 is 16.4 Å². The largest absolute Gasteiger partial charge is 0.345 e. The third-order valence-corrected chi connectivity index (χ3v) is 4.83. The molecule has 1 aromatic carbocycles. The number of urea groups is 1. The molecule has 1 aromatic rings. The number of rotatable bonds is 4. The minimum Gasteiger partial charge on any atom is -0.345 e. The minimum absolute atomic E-state index is 0.108. The second kappa shape index (κ2) is 6.58. The van der Waals surface area contributed by atoms with Gasteiger partial charge in [-0.05, 0) is 37.5 Å². The highest BCUT2D eigenvalue weighted by atomic mass is 16.2. The van der Waals surface area contributed by atoms with Crippen LogP contribution in [0.25, 0.3) is 0 Å². The van der Waals surface area contributed by atoms with Crippen molar-refractivity contribution in [1.82, 2.24) is 10.6 Å². The normalized spacial score (nSPS) is 20.2. The summed E-state index contributed by atoms with van der Waals surface area (Å²) in [6, 6.07) is 7.12. The molecule has 6 nitrogen and oxygen atoms in total. The van der Waals surface area contributed by atoms with Crippen LogP contribution < -0.4 is 21.3 Å². The van der Waals surface area contributed by atoms with E-state index in [2.05, 4.69) is 10.6 Å². The van der Waals surface area contributed by atoms with Crippen molar-refractivity contribution < 1.29 is 9.59 Å². The Bertz CT molecular complexity index is 596. The summed E-state index contributed by atoms with van der Waals surface area (Å²) in [5.74, 6) is -0.114. The Balaban J connectivity index is 1.76. The van der Waals surface area contributed by atoms with E-state index in [1.165, 1.54) is 0 Å². The SMILES string of the molecule is NCC1(NC(=O)c2cccc(N3CCCNC3=O)c2)CCCC1. The van der Waals surface area contributed by atoms with Gasteiger partial charge in [-0.25, -0.2) is 4.79 Å². The van der Waals surface area contributed by atoms with E-state index in [4.69, 9.17) is 5.73 Å². The van der Waals surface area contributed by atoms with Crippen molar-refractivity contribution in [2.75, 3.05) is 24.5 Å². The number of nitrogens with two attached hydrogens (primary N) is 1. The van der Waals surface area contributed by atoms with E-state index < -0.39 is 0 Å². The fourth-order valence-corrected chi connectivity index (χ4v) is 3.44. The molecule has 6 heteroatoms. The van der Waals surface area contributed by atoms with Gasteiger partial charge in [0.25, 0.3) is 5.91 Å². The fraction of sp³-hybridized carbons (Fsp3) is 0.529. The molecule has 1 saturated heterocycles. The van der Waals surface area contributed by atoms with Crippen molar-refractivity contribution >= 4 is 17.6 Å². The zero-order chi connectivity index (χ0) is 16.3. The Labute approximate surface area is 136 Å². The first-order chi connectivity index (χ1) is 11.1. The zero-order valence-electron chi connectivity index (χ0n) is 13.3. The third kappa shape index (κ3) is 3.32. The monoisotopic (exact) mass is 316 g/mol. The van der Waals surface area contributed by atoms with Gasteiger partial charge >= 0.3 is 6.03 Å². The molecule has 1 aliphatic heterocycles. The topological polar surface area (TPSA) is 87.5 Å². The fourth-order valence-electron chi connectivity index (χ4n) is 3.44. The van der Waals surface area contributed by atoms with Crippen LogP contribution in [0.2, 0.25) is 0 Å². The molecule has 0 unspecified atom stereocenters. The molecule has 124 valence electrons. The van der Waals surface area contributed by atoms with Crippen molar-refractivity contribution in [3.05, 3.63) is 29.8 Å². The maximum absolute atomic E-state index is 12.6. The lowest BCUT2D eigenvalue weighted by molar-refractivity contribution is 0.0903. The van der Waals surface area contributed by atoms with Gasteiger partial charge in [-0.1, -0.05) is 18.9 Å². The molecule has 1 saturated carbocycles. The number of nitrogens with one attached hydrogen (secondary N) is 2. The van der Waals surface area contributed by atoms with Crippen LogP contribution in [0.3, 0.4) is 0 Å². The van der Waals surface area contributed by atoms with Gasteiger partial charge in [0.15, 0.2) is 0 Å². The average Bonchev–Trinajstić information content (AvgIpc) is 3.04. The lowest BCUT2D eigenvalue weighted by Crippen LogP contribution is -2.51. The van der Waals surface area contributed by atoms with Gasteiger partial charge in [0.05, 0.1) is 5.54 Å². The molecule has 0 atom stereocenters. The summed E-state index contributed by atoms with van der Waals surface area (Å²) in [5, 5.41) is 5.94. The summed E-state index contributed by atoms with van der Waals surface area (Å²) in [4.78, 5) is 26.2. The summed E-state index contributed by atoms with van der Waals surface area (Å²) in [6.07, 6.45) is 4.97. The lowest BCUT2D eigenvalue weighted by Gasteiger charge is -2.30. The van der Waals surface area contributed by atoms with Crippen LogP contribution in [-0.4, -0.2) is 37.1 Å². The second-order valence-corrected chi connectivity index (χ2v) is 6.43. The first kappa shape index (κ1) is 15.8. The number of carbonyl (C=O) groups is 2. The van der Waals surface area contributed by atoms with Crippen molar-refractivity contribution in [2.45, 2.75) is 37.6 Å². The zero-order valence-corrected chi connectivity index (χ0v) is 13.3. The number of nitrogens with zero attached hydrogens (tertiary/aromatic N) is 1. The van der Waals surface area contributed by atoms with Crippen molar-refractivity contribution in [3.63, 3.8) is 0 Å². The van der Waals surface area contributed by atoms with Crippen LogP contribution in [0.4, 0.5) is 10.5 Å². The maximum atomic E-state index is 12.6. The van der Waals surface area contributed by atoms with Crippen molar-refractivity contribution in [1.29, 1.82) is 0 Å². The van der Waals surface area contributed by atoms with E-state index in [1.807, 2.05) is 12.1 Å². The van der Waals surface area contributed by atoms with E-state index in [0.717, 1.165) is 37.8 Å². The predicted octanol–water partition coefficient (Wildman–Crippen LogP) is 1.61. The summed E-state index contributed by atoms with van der Waals surface area (Å²) in [7, 11) is 0. The molecule has 0 spiro atoms. The number of anilines is 1. The lowest BCUT2D eigenvalue weighted by atomic mass is 9.97. The summed E-state index contributed by atoms with van der Waals surface area (Å²) < 4.78 is 0. The Kier molecular flexibility index (Phi) is 4.52. The highest BCUT2D eigenvalue weighted by Crippen LogP contribution is 2.29. The Hall–Kier alpha value is -2.08. The molecule has 3 amide bonds. The van der Waals surface area contributed by atoms with Gasteiger partial charge in [0, 0.05) is 30.9 Å². The van der Waals surface area contributed by atoms with Gasteiger partial charge in [-0.3, -0.25) is 9.69 Å². The number of hydrogen-bond donors (Lipinski definition) is 3. The van der Waals surface area contributed by atoms with E-state index >= 15 is 0 Å². The molecule has 4 N–H and O–H groups in total. The van der Waals surface area contributed by atoms with Crippen LogP contribution in [0, 0.1) is 0 Å². The number of carbonyl (C=O) groups excluding carboxylic acids is 2. The summed E-state index contributed by atoms with van der Waals surface area (Å²) in [5.41, 5.74) is 6.94. The highest BCUT2D eigenvalue weighted by Gasteiger charge is 2.34. The van der Waals surface area contributed by atoms with E-state index in [1.54, 1.807) is 17.0 Å². The van der Waals surface area contributed by atoms with E-state index in [-0.39, 0.29) is 17.5 Å². The molecule has 2 aliphatic rings. The van der Waals surface area contributed by atoms with Crippen molar-refractivity contribution in [2.24, 2.45) is 5.73 Å². The van der Waals surface area contributed by atoms with Crippen LogP contribution in [-0.2, 0) is 0 Å². The maximum Gasteiger partial charge on any atom is 0.321 e. The molecule has 0 bridgehead atoms. The van der Waals surface area contributed by atoms with Crippen LogP contribution in [0.1, 0.15) is 42.5 Å². The highest BCUT2D eigenvalue weighted by molar-refractivity contribution is 5.98. The molecule has 0 radical (unpaired) electrons. The number of hydrogen-bond acceptors (Lipinski definition) is 3. The minimum atomic E-state index is -0.268. The molecule has 1 aliphatic carbocycles. The predicted molar refractivity (Wildman–Crippen MR) is 89.5 cm³/mol. The van der Waals surface area contributed by atoms with Gasteiger partial charge in [0.1, 0.15) is 0 Å². The Morgan fingerprint density at radius 1 is 1.30 bits per heavy atom.